The van der Waals surface area contributed by atoms with Crippen LogP contribution in [0.25, 0.3) is 82.4 Å². The standard InChI is InChI=1S/C56H38N2/c1-2-10-39(11-3-1)44-20-22-48-38-46(21-23-47(48)37-44)42-26-30-50(31-27-42)57(49-28-24-41(25-29-49)45-19-18-40-12-4-5-13-43(40)36-45)51-32-34-52(35-33-51)58-55-16-8-6-14-53(55)54-15-7-9-17-56(54)58/h1-38H. The van der Waals surface area contributed by atoms with Crippen molar-refractivity contribution in [3.05, 3.63) is 231 Å². The van der Waals surface area contributed by atoms with Crippen LogP contribution in [0.15, 0.2) is 231 Å². The van der Waals surface area contributed by atoms with Crippen LogP contribution >= 0.6 is 0 Å². The highest BCUT2D eigenvalue weighted by Gasteiger charge is 2.16. The predicted molar refractivity (Wildman–Crippen MR) is 247 cm³/mol. The molecule has 11 rings (SSSR count). The monoisotopic (exact) mass is 738 g/mol. The summed E-state index contributed by atoms with van der Waals surface area (Å²) in [6.07, 6.45) is 0. The molecule has 0 saturated heterocycles. The van der Waals surface area contributed by atoms with Crippen molar-refractivity contribution in [2.75, 3.05) is 4.90 Å². The summed E-state index contributed by atoms with van der Waals surface area (Å²) in [7, 11) is 0. The van der Waals surface area contributed by atoms with E-state index in [1.807, 2.05) is 0 Å². The molecular formula is C56H38N2. The Morgan fingerprint density at radius 1 is 0.259 bits per heavy atom. The van der Waals surface area contributed by atoms with Crippen LogP contribution in [0.2, 0.25) is 0 Å². The van der Waals surface area contributed by atoms with Gasteiger partial charge in [0.1, 0.15) is 0 Å². The minimum atomic E-state index is 1.09. The molecule has 0 aliphatic rings. The fourth-order valence-electron chi connectivity index (χ4n) is 8.61. The van der Waals surface area contributed by atoms with E-state index in [0.29, 0.717) is 0 Å². The van der Waals surface area contributed by atoms with Gasteiger partial charge in [-0.15, -0.1) is 0 Å². The summed E-state index contributed by atoms with van der Waals surface area (Å²) in [4.78, 5) is 2.36. The summed E-state index contributed by atoms with van der Waals surface area (Å²) in [6, 6.07) is 83.7. The van der Waals surface area contributed by atoms with Crippen molar-refractivity contribution in [2.45, 2.75) is 0 Å². The minimum Gasteiger partial charge on any atom is -0.311 e. The molecule has 0 aliphatic carbocycles. The van der Waals surface area contributed by atoms with Gasteiger partial charge in [0.2, 0.25) is 0 Å². The normalized spacial score (nSPS) is 11.4. The molecule has 0 amide bonds. The number of rotatable bonds is 7. The van der Waals surface area contributed by atoms with Gasteiger partial charge in [0.15, 0.2) is 0 Å². The second kappa shape index (κ2) is 14.1. The number of nitrogens with zero attached hydrogens (tertiary/aromatic N) is 2. The molecule has 0 bridgehead atoms. The second-order valence-corrected chi connectivity index (χ2v) is 15.0. The summed E-state index contributed by atoms with van der Waals surface area (Å²) < 4.78 is 2.37. The van der Waals surface area contributed by atoms with Gasteiger partial charge in [-0.05, 0) is 134 Å². The summed E-state index contributed by atoms with van der Waals surface area (Å²) in [6.45, 7) is 0. The first-order chi connectivity index (χ1) is 28.7. The van der Waals surface area contributed by atoms with Crippen LogP contribution in [0.5, 0.6) is 0 Å². The quantitative estimate of drug-likeness (QED) is 0.158. The van der Waals surface area contributed by atoms with Gasteiger partial charge in [0.05, 0.1) is 11.0 Å². The molecule has 0 fully saturated rings. The van der Waals surface area contributed by atoms with Gasteiger partial charge in [0, 0.05) is 33.5 Å². The van der Waals surface area contributed by atoms with Crippen molar-refractivity contribution >= 4 is 60.4 Å². The molecule has 0 unspecified atom stereocenters. The summed E-state index contributed by atoms with van der Waals surface area (Å²) in [5.74, 6) is 0. The van der Waals surface area contributed by atoms with E-state index >= 15 is 0 Å². The minimum absolute atomic E-state index is 1.09. The maximum Gasteiger partial charge on any atom is 0.0541 e. The zero-order valence-electron chi connectivity index (χ0n) is 31.8. The van der Waals surface area contributed by atoms with Gasteiger partial charge in [-0.3, -0.25) is 0 Å². The third-order valence-electron chi connectivity index (χ3n) is 11.6. The Morgan fingerprint density at radius 2 is 0.621 bits per heavy atom. The molecule has 0 spiro atoms. The van der Waals surface area contributed by atoms with Crippen LogP contribution in [0, 0.1) is 0 Å². The van der Waals surface area contributed by atoms with Gasteiger partial charge in [-0.1, -0.05) is 152 Å². The van der Waals surface area contributed by atoms with Crippen LogP contribution < -0.4 is 4.90 Å². The molecule has 0 atom stereocenters. The Labute approximate surface area is 338 Å². The molecule has 0 aliphatic heterocycles. The van der Waals surface area contributed by atoms with E-state index in [-0.39, 0.29) is 0 Å². The molecule has 0 saturated carbocycles. The third kappa shape index (κ3) is 6.00. The van der Waals surface area contributed by atoms with E-state index in [1.165, 1.54) is 76.7 Å². The first-order valence-corrected chi connectivity index (χ1v) is 19.9. The number of hydrogen-bond donors (Lipinski definition) is 0. The van der Waals surface area contributed by atoms with Crippen molar-refractivity contribution in [3.63, 3.8) is 0 Å². The number of para-hydroxylation sites is 2. The number of fused-ring (bicyclic) bond motifs is 5. The highest BCUT2D eigenvalue weighted by Crippen LogP contribution is 2.39. The summed E-state index contributed by atoms with van der Waals surface area (Å²) in [5, 5.41) is 7.50. The van der Waals surface area contributed by atoms with E-state index in [4.69, 9.17) is 0 Å². The maximum atomic E-state index is 2.37. The fraction of sp³-hybridized carbons (Fsp3) is 0. The van der Waals surface area contributed by atoms with E-state index in [1.54, 1.807) is 0 Å². The summed E-state index contributed by atoms with van der Waals surface area (Å²) in [5.41, 5.74) is 14.1. The highest BCUT2D eigenvalue weighted by molar-refractivity contribution is 6.09. The fourth-order valence-corrected chi connectivity index (χ4v) is 8.61. The number of hydrogen-bond acceptors (Lipinski definition) is 1. The van der Waals surface area contributed by atoms with Crippen LogP contribution in [0.4, 0.5) is 17.1 Å². The summed E-state index contributed by atoms with van der Waals surface area (Å²) >= 11 is 0. The van der Waals surface area contributed by atoms with E-state index in [0.717, 1.165) is 22.7 Å². The van der Waals surface area contributed by atoms with Gasteiger partial charge < -0.3 is 9.47 Å². The lowest BCUT2D eigenvalue weighted by Crippen LogP contribution is -2.10. The molecular weight excluding hydrogens is 701 g/mol. The highest BCUT2D eigenvalue weighted by atomic mass is 15.1. The Morgan fingerprint density at radius 3 is 1.14 bits per heavy atom. The number of aromatic nitrogens is 1. The lowest BCUT2D eigenvalue weighted by Gasteiger charge is -2.26. The molecule has 58 heavy (non-hydrogen) atoms. The SMILES string of the molecule is c1ccc(-c2ccc3cc(-c4ccc(N(c5ccc(-c6ccc7ccccc7c6)cc5)c5ccc(-n6c7ccccc7c7ccccc76)cc5)cc4)ccc3c2)cc1. The van der Waals surface area contributed by atoms with Gasteiger partial charge in [-0.25, -0.2) is 0 Å². The Bertz CT molecular complexity index is 3200. The van der Waals surface area contributed by atoms with Crippen molar-refractivity contribution in [3.8, 4) is 39.1 Å². The molecule has 272 valence electrons. The van der Waals surface area contributed by atoms with E-state index < -0.39 is 0 Å². The predicted octanol–water partition coefficient (Wildman–Crippen LogP) is 15.6. The Kier molecular flexibility index (Phi) is 8.19. The van der Waals surface area contributed by atoms with E-state index in [9.17, 15) is 0 Å². The molecule has 10 aromatic carbocycles. The van der Waals surface area contributed by atoms with Gasteiger partial charge in [-0.2, -0.15) is 0 Å². The topological polar surface area (TPSA) is 8.17 Å². The van der Waals surface area contributed by atoms with Gasteiger partial charge >= 0.3 is 0 Å². The zero-order valence-corrected chi connectivity index (χ0v) is 31.8. The van der Waals surface area contributed by atoms with Crippen molar-refractivity contribution in [2.24, 2.45) is 0 Å². The van der Waals surface area contributed by atoms with Crippen LogP contribution in [-0.4, -0.2) is 4.57 Å². The molecule has 0 N–H and O–H groups in total. The number of benzene rings is 10. The Balaban J connectivity index is 0.965. The van der Waals surface area contributed by atoms with Crippen LogP contribution in [-0.2, 0) is 0 Å². The molecule has 2 heteroatoms. The maximum absolute atomic E-state index is 2.37. The smallest absolute Gasteiger partial charge is 0.0541 e. The second-order valence-electron chi connectivity index (χ2n) is 15.0. The lowest BCUT2D eigenvalue weighted by molar-refractivity contribution is 1.17. The zero-order chi connectivity index (χ0) is 38.4. The lowest BCUT2D eigenvalue weighted by atomic mass is 9.97. The van der Waals surface area contributed by atoms with Crippen molar-refractivity contribution < 1.29 is 0 Å². The van der Waals surface area contributed by atoms with Gasteiger partial charge in [0.25, 0.3) is 0 Å². The van der Waals surface area contributed by atoms with E-state index in [2.05, 4.69) is 240 Å². The molecule has 1 aromatic heterocycles. The first kappa shape index (κ1) is 33.6. The van der Waals surface area contributed by atoms with Crippen LogP contribution in [0.1, 0.15) is 0 Å². The third-order valence-corrected chi connectivity index (χ3v) is 11.6. The van der Waals surface area contributed by atoms with Crippen molar-refractivity contribution in [1.29, 1.82) is 0 Å². The molecule has 2 nitrogen and oxygen atoms in total. The average Bonchev–Trinajstić information content (AvgIpc) is 3.64. The van der Waals surface area contributed by atoms with Crippen LogP contribution in [0.3, 0.4) is 0 Å². The molecule has 1 heterocycles. The first-order valence-electron chi connectivity index (χ1n) is 19.9. The largest absolute Gasteiger partial charge is 0.311 e. The van der Waals surface area contributed by atoms with Crippen molar-refractivity contribution in [1.82, 2.24) is 4.57 Å². The molecule has 0 radical (unpaired) electrons. The Hall–Kier alpha value is -7.68. The number of anilines is 3. The average molecular weight is 739 g/mol. The molecule has 11 aromatic rings.